The lowest BCUT2D eigenvalue weighted by molar-refractivity contribution is -0.384. The van der Waals surface area contributed by atoms with E-state index in [-0.39, 0.29) is 30.0 Å². The number of rotatable bonds is 11. The summed E-state index contributed by atoms with van der Waals surface area (Å²) in [7, 11) is 0. The number of halogens is 1. The summed E-state index contributed by atoms with van der Waals surface area (Å²) in [4.78, 5) is 39.3. The number of nitrogens with zero attached hydrogens (tertiary/aromatic N) is 2. The molecule has 0 saturated carbocycles. The molecule has 10 heteroatoms. The molecular weight excluding hydrogens is 640 g/mol. The van der Waals surface area contributed by atoms with Gasteiger partial charge in [0.15, 0.2) is 0 Å². The second-order valence-corrected chi connectivity index (χ2v) is 12.4. The molecule has 9 nitrogen and oxygen atoms in total. The first-order valence-electron chi connectivity index (χ1n) is 15.0. The third-order valence-electron chi connectivity index (χ3n) is 8.74. The van der Waals surface area contributed by atoms with Crippen LogP contribution in [0.1, 0.15) is 50.2 Å². The molecule has 1 fully saturated rings. The molecule has 2 amide bonds. The van der Waals surface area contributed by atoms with Crippen LogP contribution in [0.5, 0.6) is 5.75 Å². The number of allylic oxidation sites excluding steroid dienone is 2. The maximum Gasteiger partial charge on any atom is 0.271 e. The monoisotopic (exact) mass is 674 g/mol. The van der Waals surface area contributed by atoms with E-state index in [1.54, 1.807) is 12.1 Å². The number of non-ortho nitro benzene ring substituents is 1. The number of aliphatic hydroxyl groups excluding tert-OH is 2. The summed E-state index contributed by atoms with van der Waals surface area (Å²) >= 11 is 3.46. The third-order valence-corrected chi connectivity index (χ3v) is 9.23. The lowest BCUT2D eigenvalue weighted by Gasteiger charge is -2.36. The standard InChI is InChI=1S/C35H35BrN2O7/c1-2-7-23-18-28-33(35(43)37(34(28)42)26-10-6-11-27(19-26)38(44)45)29(20-39)32(23)31(41)14-12-22(21-8-4-3-5-9-21)16-24-17-25(36)13-15-30(24)40/h3-6,8-11,13,15-17,19,28-29,31,33,39-41H,2,7,12,14,18,20H2,1H3/b22-16-/t28-,29+,31-,33-/m1/s1. The quantitative estimate of drug-likeness (QED) is 0.0679. The first kappa shape index (κ1) is 32.3. The Balaban J connectivity index is 1.46. The van der Waals surface area contributed by atoms with Gasteiger partial charge in [-0.3, -0.25) is 19.7 Å². The highest BCUT2D eigenvalue weighted by atomic mass is 79.9. The summed E-state index contributed by atoms with van der Waals surface area (Å²) in [5.74, 6) is -3.26. The Morgan fingerprint density at radius 1 is 1.09 bits per heavy atom. The lowest BCUT2D eigenvalue weighted by Crippen LogP contribution is -2.39. The van der Waals surface area contributed by atoms with Gasteiger partial charge < -0.3 is 15.3 Å². The Kier molecular flexibility index (Phi) is 9.96. The third kappa shape index (κ3) is 6.63. The maximum atomic E-state index is 13.8. The van der Waals surface area contributed by atoms with Crippen LogP contribution in [-0.2, 0) is 9.59 Å². The number of imide groups is 1. The van der Waals surface area contributed by atoms with Gasteiger partial charge in [0.25, 0.3) is 5.69 Å². The lowest BCUT2D eigenvalue weighted by atomic mass is 9.67. The van der Waals surface area contributed by atoms with Crippen LogP contribution < -0.4 is 4.90 Å². The Morgan fingerprint density at radius 3 is 2.53 bits per heavy atom. The number of fused-ring (bicyclic) bond motifs is 1. The van der Waals surface area contributed by atoms with E-state index in [2.05, 4.69) is 15.9 Å². The van der Waals surface area contributed by atoms with Gasteiger partial charge in [-0.05, 0) is 72.7 Å². The van der Waals surface area contributed by atoms with Crippen LogP contribution in [0, 0.1) is 27.9 Å². The number of nitro benzene ring substituents is 1. The van der Waals surface area contributed by atoms with Gasteiger partial charge in [-0.2, -0.15) is 0 Å². The first-order valence-corrected chi connectivity index (χ1v) is 15.8. The molecule has 3 aromatic rings. The Hall–Kier alpha value is -4.12. The second kappa shape index (κ2) is 13.9. The van der Waals surface area contributed by atoms with E-state index < -0.39 is 47.2 Å². The number of anilines is 1. The highest BCUT2D eigenvalue weighted by Crippen LogP contribution is 2.48. The molecule has 3 aromatic carbocycles. The zero-order valence-electron chi connectivity index (χ0n) is 24.8. The van der Waals surface area contributed by atoms with Gasteiger partial charge in [0.1, 0.15) is 5.75 Å². The fourth-order valence-electron chi connectivity index (χ4n) is 6.73. The van der Waals surface area contributed by atoms with Gasteiger partial charge >= 0.3 is 0 Å². The van der Waals surface area contributed by atoms with Crippen LogP contribution in [0.25, 0.3) is 11.6 Å². The smallest absolute Gasteiger partial charge is 0.271 e. The average Bonchev–Trinajstić information content (AvgIpc) is 3.29. The normalized spacial score (nSPS) is 20.8. The van der Waals surface area contributed by atoms with Gasteiger partial charge in [0, 0.05) is 28.1 Å². The van der Waals surface area contributed by atoms with Crippen molar-refractivity contribution in [3.05, 3.63) is 110 Å². The summed E-state index contributed by atoms with van der Waals surface area (Å²) in [5.41, 5.74) is 3.78. The van der Waals surface area contributed by atoms with Crippen LogP contribution in [0.2, 0.25) is 0 Å². The van der Waals surface area contributed by atoms with Crippen LogP contribution in [0.15, 0.2) is 88.4 Å². The summed E-state index contributed by atoms with van der Waals surface area (Å²) in [5, 5.41) is 44.3. The first-order chi connectivity index (χ1) is 21.6. The van der Waals surface area contributed by atoms with Crippen molar-refractivity contribution in [1.82, 2.24) is 0 Å². The van der Waals surface area contributed by atoms with E-state index in [4.69, 9.17) is 0 Å². The number of aliphatic hydroxyl groups is 2. The summed E-state index contributed by atoms with van der Waals surface area (Å²) < 4.78 is 0.811. The molecule has 2 aliphatic rings. The largest absolute Gasteiger partial charge is 0.507 e. The number of nitro groups is 1. The molecule has 5 rings (SSSR count). The molecule has 234 valence electrons. The van der Waals surface area contributed by atoms with Crippen LogP contribution in [-0.4, -0.2) is 44.8 Å². The SMILES string of the molecule is CCCC1=C([C@H](O)CC/C(=C/c2cc(Br)ccc2O)c2ccccc2)[C@H](CO)[C@@H]2C(=O)N(c3cccc([N+](=O)[O-])c3)C(=O)[C@@H]2C1. The van der Waals surface area contributed by atoms with E-state index in [0.29, 0.717) is 24.0 Å². The molecule has 4 atom stereocenters. The maximum absolute atomic E-state index is 13.8. The van der Waals surface area contributed by atoms with Crippen molar-refractivity contribution in [3.63, 3.8) is 0 Å². The molecule has 3 N–H and O–H groups in total. The molecule has 45 heavy (non-hydrogen) atoms. The van der Waals surface area contributed by atoms with Gasteiger partial charge in [-0.25, -0.2) is 4.90 Å². The number of carbonyl (C=O) groups excluding carboxylic acids is 2. The number of amides is 2. The Morgan fingerprint density at radius 2 is 1.84 bits per heavy atom. The van der Waals surface area contributed by atoms with Crippen molar-refractivity contribution in [2.24, 2.45) is 17.8 Å². The zero-order chi connectivity index (χ0) is 32.2. The summed E-state index contributed by atoms with van der Waals surface area (Å²) in [6.07, 6.45) is 3.21. The summed E-state index contributed by atoms with van der Waals surface area (Å²) in [6.45, 7) is 1.56. The minimum atomic E-state index is -0.998. The fourth-order valence-corrected chi connectivity index (χ4v) is 7.11. The van der Waals surface area contributed by atoms with Gasteiger partial charge in [0.05, 0.1) is 35.2 Å². The zero-order valence-corrected chi connectivity index (χ0v) is 26.4. The molecule has 1 heterocycles. The number of phenols is 1. The van der Waals surface area contributed by atoms with Crippen molar-refractivity contribution in [1.29, 1.82) is 0 Å². The van der Waals surface area contributed by atoms with Crippen LogP contribution in [0.3, 0.4) is 0 Å². The molecule has 1 aliphatic heterocycles. The average molecular weight is 676 g/mol. The van der Waals surface area contributed by atoms with Crippen molar-refractivity contribution in [2.45, 2.75) is 45.1 Å². The van der Waals surface area contributed by atoms with E-state index in [1.807, 2.05) is 49.4 Å². The van der Waals surface area contributed by atoms with E-state index >= 15 is 0 Å². The van der Waals surface area contributed by atoms with Gasteiger partial charge in [0.2, 0.25) is 11.8 Å². The van der Waals surface area contributed by atoms with E-state index in [1.165, 1.54) is 24.3 Å². The van der Waals surface area contributed by atoms with Crippen molar-refractivity contribution in [2.75, 3.05) is 11.5 Å². The second-order valence-electron chi connectivity index (χ2n) is 11.5. The van der Waals surface area contributed by atoms with Crippen LogP contribution in [0.4, 0.5) is 11.4 Å². The number of carbonyl (C=O) groups is 2. The van der Waals surface area contributed by atoms with Gasteiger partial charge in [-0.1, -0.05) is 71.2 Å². The molecule has 0 radical (unpaired) electrons. The molecule has 1 aliphatic carbocycles. The van der Waals surface area contributed by atoms with Crippen molar-refractivity contribution < 1.29 is 29.8 Å². The molecule has 0 unspecified atom stereocenters. The summed E-state index contributed by atoms with van der Waals surface area (Å²) in [6, 6.07) is 20.3. The highest BCUT2D eigenvalue weighted by Gasteiger charge is 2.55. The van der Waals surface area contributed by atoms with Crippen molar-refractivity contribution >= 4 is 50.8 Å². The number of aromatic hydroxyl groups is 1. The Labute approximate surface area is 269 Å². The fraction of sp³-hybridized carbons (Fsp3) is 0.314. The number of hydrogen-bond acceptors (Lipinski definition) is 7. The van der Waals surface area contributed by atoms with Crippen molar-refractivity contribution in [3.8, 4) is 5.75 Å². The van der Waals surface area contributed by atoms with Crippen LogP contribution >= 0.6 is 15.9 Å². The number of hydrogen-bond donors (Lipinski definition) is 3. The highest BCUT2D eigenvalue weighted by molar-refractivity contribution is 9.10. The number of phenolic OH excluding ortho intramolecular Hbond substituents is 1. The predicted octanol–water partition coefficient (Wildman–Crippen LogP) is 6.66. The molecule has 0 bridgehead atoms. The molecule has 0 spiro atoms. The topological polar surface area (TPSA) is 141 Å². The molecule has 0 aromatic heterocycles. The van der Waals surface area contributed by atoms with E-state index in [9.17, 15) is 35.0 Å². The van der Waals surface area contributed by atoms with Gasteiger partial charge in [-0.15, -0.1) is 0 Å². The number of benzene rings is 3. The molecular formula is C35H35BrN2O7. The minimum absolute atomic E-state index is 0.122. The Bertz CT molecular complexity index is 1670. The predicted molar refractivity (Wildman–Crippen MR) is 175 cm³/mol. The minimum Gasteiger partial charge on any atom is -0.507 e. The molecule has 1 saturated heterocycles. The van der Waals surface area contributed by atoms with E-state index in [0.717, 1.165) is 32.5 Å².